The Bertz CT molecular complexity index is 1380. The van der Waals surface area contributed by atoms with Gasteiger partial charge in [0.25, 0.3) is 5.91 Å². The third-order valence-electron chi connectivity index (χ3n) is 7.99. The molecule has 0 radical (unpaired) electrons. The number of amides is 1. The van der Waals surface area contributed by atoms with Gasteiger partial charge >= 0.3 is 0 Å². The van der Waals surface area contributed by atoms with Gasteiger partial charge in [-0.15, -0.1) is 0 Å². The number of benzene rings is 2. The number of aliphatic hydroxyl groups is 4. The number of Topliss-reactive ketones (excluding diaryl/α,β-unsaturated/α-hetero) is 2. The quantitative estimate of drug-likeness (QED) is 0.334. The summed E-state index contributed by atoms with van der Waals surface area (Å²) >= 11 is 0. The summed E-state index contributed by atoms with van der Waals surface area (Å²) in [5, 5.41) is 55.5. The Morgan fingerprint density at radius 1 is 1.03 bits per heavy atom. The average Bonchev–Trinajstić information content (AvgIpc) is 2.86. The van der Waals surface area contributed by atoms with Gasteiger partial charge in [0, 0.05) is 23.8 Å². The zero-order chi connectivity index (χ0) is 26.6. The fourth-order valence-electron chi connectivity index (χ4n) is 6.29. The largest absolute Gasteiger partial charge is 0.508 e. The van der Waals surface area contributed by atoms with Gasteiger partial charge in [-0.25, -0.2) is 0 Å². The summed E-state index contributed by atoms with van der Waals surface area (Å²) in [6, 6.07) is 14.4. The van der Waals surface area contributed by atoms with Crippen LogP contribution in [0.5, 0.6) is 5.75 Å². The number of aromatic hydroxyl groups is 1. The molecule has 1 amide bonds. The predicted octanol–water partition coefficient (Wildman–Crippen LogP) is 1.96. The molecule has 1 saturated carbocycles. The second-order valence-electron chi connectivity index (χ2n) is 9.92. The van der Waals surface area contributed by atoms with Gasteiger partial charge in [-0.3, -0.25) is 14.4 Å². The Labute approximate surface area is 212 Å². The van der Waals surface area contributed by atoms with Crippen LogP contribution in [0, 0.1) is 11.8 Å². The molecule has 3 aliphatic rings. The maximum absolute atomic E-state index is 13.8. The number of fused-ring (bicyclic) bond motifs is 3. The third-order valence-corrected chi connectivity index (χ3v) is 7.99. The van der Waals surface area contributed by atoms with E-state index in [0.29, 0.717) is 24.8 Å². The number of phenolic OH excluding ortho intramolecular Hbond substituents is 1. The van der Waals surface area contributed by atoms with Gasteiger partial charge in [0.05, 0.1) is 11.7 Å². The average molecular weight is 506 g/mol. The summed E-state index contributed by atoms with van der Waals surface area (Å²) in [6.45, 7) is 0. The molecule has 0 bridgehead atoms. The topological polar surface area (TPSA) is 178 Å². The highest BCUT2D eigenvalue weighted by Crippen LogP contribution is 2.56. The zero-order valence-corrected chi connectivity index (χ0v) is 19.8. The van der Waals surface area contributed by atoms with E-state index in [9.17, 15) is 39.9 Å². The lowest BCUT2D eigenvalue weighted by atomic mass is 9.55. The van der Waals surface area contributed by atoms with Crippen molar-refractivity contribution in [3.63, 3.8) is 0 Å². The Morgan fingerprint density at radius 2 is 1.73 bits per heavy atom. The summed E-state index contributed by atoms with van der Waals surface area (Å²) in [6.07, 6.45) is -0.354. The van der Waals surface area contributed by atoms with Crippen LogP contribution in [-0.2, 0) is 20.8 Å². The van der Waals surface area contributed by atoms with Crippen LogP contribution in [0.4, 0.5) is 0 Å². The molecule has 0 aliphatic heterocycles. The van der Waals surface area contributed by atoms with Crippen molar-refractivity contribution in [1.29, 1.82) is 0 Å². The first-order valence-electron chi connectivity index (χ1n) is 12.1. The van der Waals surface area contributed by atoms with E-state index in [2.05, 4.69) is 0 Å². The molecule has 0 spiro atoms. The molecule has 9 heteroatoms. The lowest BCUT2D eigenvalue weighted by Gasteiger charge is -2.51. The van der Waals surface area contributed by atoms with E-state index in [-0.39, 0.29) is 16.9 Å². The molecule has 0 unspecified atom stereocenters. The monoisotopic (exact) mass is 505 g/mol. The van der Waals surface area contributed by atoms with Crippen molar-refractivity contribution in [3.8, 4) is 5.75 Å². The summed E-state index contributed by atoms with van der Waals surface area (Å²) in [5.41, 5.74) is 2.73. The number of ketones is 2. The maximum atomic E-state index is 13.8. The van der Waals surface area contributed by atoms with E-state index in [1.165, 1.54) is 6.07 Å². The van der Waals surface area contributed by atoms with Crippen molar-refractivity contribution in [2.24, 2.45) is 17.6 Å². The number of rotatable bonds is 5. The van der Waals surface area contributed by atoms with Gasteiger partial charge in [0.2, 0.25) is 5.78 Å². The van der Waals surface area contributed by atoms with Crippen molar-refractivity contribution in [2.45, 2.75) is 43.3 Å². The number of hydrogen-bond acceptors (Lipinski definition) is 8. The van der Waals surface area contributed by atoms with Crippen LogP contribution >= 0.6 is 0 Å². The van der Waals surface area contributed by atoms with Gasteiger partial charge < -0.3 is 31.3 Å². The Balaban J connectivity index is 1.63. The fraction of sp³-hybridized carbons (Fsp3) is 0.321. The predicted molar refractivity (Wildman–Crippen MR) is 131 cm³/mol. The summed E-state index contributed by atoms with van der Waals surface area (Å²) in [7, 11) is 0. The van der Waals surface area contributed by atoms with E-state index in [4.69, 9.17) is 5.73 Å². The molecule has 192 valence electrons. The lowest BCUT2D eigenvalue weighted by molar-refractivity contribution is -0.161. The van der Waals surface area contributed by atoms with Gasteiger partial charge in [-0.05, 0) is 42.4 Å². The van der Waals surface area contributed by atoms with E-state index < -0.39 is 70.4 Å². The van der Waals surface area contributed by atoms with E-state index in [1.54, 1.807) is 12.1 Å². The normalized spacial score (nSPS) is 29.0. The lowest BCUT2D eigenvalue weighted by Crippen LogP contribution is -2.64. The van der Waals surface area contributed by atoms with Crippen LogP contribution in [0.2, 0.25) is 0 Å². The number of primary amides is 1. The molecular formula is C28H27NO8. The molecule has 1 fully saturated rings. The highest BCUT2D eigenvalue weighted by atomic mass is 16.4. The second kappa shape index (κ2) is 8.86. The number of carbonyl (C=O) groups is 3. The van der Waals surface area contributed by atoms with Gasteiger partial charge in [0.1, 0.15) is 22.8 Å². The van der Waals surface area contributed by atoms with Crippen LogP contribution in [0.1, 0.15) is 41.9 Å². The number of aryl methyl sites for hydroxylation is 1. The molecule has 7 N–H and O–H groups in total. The Hall–Kier alpha value is -3.95. The SMILES string of the molecule is NC(=O)C1=C(O)[C@@]2(O)C(=O)C3=C(O)c4c(O)cccc4[C@H](CCCc4ccccc4)[C@H]3[C@H](O)[C@H]2CC1=O. The standard InChI is InChI=1S/C28H27NO8/c29-27(36)21-18(31)12-16-23(32)20-15(9-4-8-13-6-2-1-3-7-13)14-10-5-11-17(30)19(14)24(33)22(20)26(35)28(16,37)25(21)34/h1-3,5-7,10-11,15-16,20,23,30,32-34,37H,4,8-9,12H2,(H2,29,36)/t15-,16+,20+,23+,28+/m0/s1. The molecular weight excluding hydrogens is 478 g/mol. The molecule has 5 rings (SSSR count). The molecule has 0 heterocycles. The minimum Gasteiger partial charge on any atom is -0.508 e. The Morgan fingerprint density at radius 3 is 2.41 bits per heavy atom. The Kier molecular flexibility index (Phi) is 5.92. The van der Waals surface area contributed by atoms with Crippen molar-refractivity contribution >= 4 is 23.2 Å². The first kappa shape index (κ1) is 24.7. The molecule has 2 aromatic rings. The summed E-state index contributed by atoms with van der Waals surface area (Å²) in [5.74, 6) is -8.55. The van der Waals surface area contributed by atoms with Crippen molar-refractivity contribution < 1.29 is 39.9 Å². The number of hydrogen-bond donors (Lipinski definition) is 6. The highest BCUT2D eigenvalue weighted by molar-refractivity contribution is 6.23. The van der Waals surface area contributed by atoms with Crippen molar-refractivity contribution in [2.75, 3.05) is 0 Å². The molecule has 37 heavy (non-hydrogen) atoms. The van der Waals surface area contributed by atoms with Gasteiger partial charge in [0.15, 0.2) is 11.4 Å². The van der Waals surface area contributed by atoms with Crippen LogP contribution < -0.4 is 5.73 Å². The van der Waals surface area contributed by atoms with Crippen molar-refractivity contribution in [1.82, 2.24) is 0 Å². The van der Waals surface area contributed by atoms with Crippen molar-refractivity contribution in [3.05, 3.63) is 82.1 Å². The van der Waals surface area contributed by atoms with Gasteiger partial charge in [-0.1, -0.05) is 42.5 Å². The van der Waals surface area contributed by atoms with E-state index in [1.807, 2.05) is 30.3 Å². The first-order valence-corrected chi connectivity index (χ1v) is 12.1. The number of nitrogens with two attached hydrogens (primary N) is 1. The fourth-order valence-corrected chi connectivity index (χ4v) is 6.29. The third kappa shape index (κ3) is 3.57. The maximum Gasteiger partial charge on any atom is 0.255 e. The minimum atomic E-state index is -2.84. The molecule has 0 saturated heterocycles. The molecule has 5 atom stereocenters. The number of aliphatic hydroxyl groups excluding tert-OH is 3. The summed E-state index contributed by atoms with van der Waals surface area (Å²) in [4.78, 5) is 38.3. The number of carbonyl (C=O) groups excluding carboxylic acids is 3. The smallest absolute Gasteiger partial charge is 0.255 e. The van der Waals surface area contributed by atoms with E-state index >= 15 is 0 Å². The molecule has 0 aromatic heterocycles. The zero-order valence-electron chi connectivity index (χ0n) is 19.8. The second-order valence-corrected chi connectivity index (χ2v) is 9.92. The summed E-state index contributed by atoms with van der Waals surface area (Å²) < 4.78 is 0. The molecule has 9 nitrogen and oxygen atoms in total. The number of phenols is 1. The van der Waals surface area contributed by atoms with Crippen LogP contribution in [-0.4, -0.2) is 54.7 Å². The van der Waals surface area contributed by atoms with Crippen LogP contribution in [0.3, 0.4) is 0 Å². The highest BCUT2D eigenvalue weighted by Gasteiger charge is 2.65. The van der Waals surface area contributed by atoms with Crippen LogP contribution in [0.15, 0.2) is 65.4 Å². The van der Waals surface area contributed by atoms with E-state index in [0.717, 1.165) is 5.56 Å². The molecule has 2 aromatic carbocycles. The van der Waals surface area contributed by atoms with Crippen LogP contribution in [0.25, 0.3) is 5.76 Å². The minimum absolute atomic E-state index is 0.00606. The first-order chi connectivity index (χ1) is 17.6. The van der Waals surface area contributed by atoms with Gasteiger partial charge in [-0.2, -0.15) is 0 Å². The molecule has 3 aliphatic carbocycles.